The molecule has 0 spiro atoms. The summed E-state index contributed by atoms with van der Waals surface area (Å²) in [5, 5.41) is 12.0. The van der Waals surface area contributed by atoms with Crippen molar-refractivity contribution in [2.75, 3.05) is 23.1 Å². The fourth-order valence-electron chi connectivity index (χ4n) is 1.19. The van der Waals surface area contributed by atoms with Crippen molar-refractivity contribution in [3.8, 4) is 0 Å². The van der Waals surface area contributed by atoms with Crippen LogP contribution in [0.5, 0.6) is 0 Å². The van der Waals surface area contributed by atoms with E-state index in [-0.39, 0.29) is 5.82 Å². The average molecular weight is 301 g/mol. The highest BCUT2D eigenvalue weighted by molar-refractivity contribution is 8.03. The Morgan fingerprint density at radius 2 is 2.00 bits per heavy atom. The SMILES string of the molecule is CSCCSc1nnc(Nc2ccc(F)cc2)s1. The van der Waals surface area contributed by atoms with Crippen molar-refractivity contribution in [3.63, 3.8) is 0 Å². The van der Waals surface area contributed by atoms with Crippen LogP contribution in [0, 0.1) is 5.82 Å². The molecule has 2 aromatic rings. The molecule has 1 heterocycles. The lowest BCUT2D eigenvalue weighted by Gasteiger charge is -2.00. The van der Waals surface area contributed by atoms with Crippen LogP contribution in [0.15, 0.2) is 28.6 Å². The van der Waals surface area contributed by atoms with E-state index in [0.29, 0.717) is 0 Å². The molecule has 0 bridgehead atoms. The molecule has 0 saturated carbocycles. The van der Waals surface area contributed by atoms with Crippen molar-refractivity contribution in [1.29, 1.82) is 0 Å². The number of nitrogens with one attached hydrogen (secondary N) is 1. The maximum atomic E-state index is 12.7. The lowest BCUT2D eigenvalue weighted by atomic mass is 10.3. The van der Waals surface area contributed by atoms with Crippen LogP contribution in [0.4, 0.5) is 15.2 Å². The molecule has 0 unspecified atom stereocenters. The minimum Gasteiger partial charge on any atom is -0.330 e. The summed E-state index contributed by atoms with van der Waals surface area (Å²) in [6, 6.07) is 6.18. The third-order valence-electron chi connectivity index (χ3n) is 2.01. The molecule has 1 aromatic carbocycles. The van der Waals surface area contributed by atoms with Gasteiger partial charge in [-0.2, -0.15) is 11.8 Å². The Morgan fingerprint density at radius 1 is 1.22 bits per heavy atom. The van der Waals surface area contributed by atoms with Crippen LogP contribution >= 0.6 is 34.9 Å². The van der Waals surface area contributed by atoms with Gasteiger partial charge in [0.2, 0.25) is 5.13 Å². The molecule has 0 aliphatic heterocycles. The normalized spacial score (nSPS) is 10.6. The Hall–Kier alpha value is -0.790. The molecule has 0 aliphatic carbocycles. The topological polar surface area (TPSA) is 37.8 Å². The Kier molecular flexibility index (Phi) is 5.27. The van der Waals surface area contributed by atoms with Gasteiger partial charge in [-0.3, -0.25) is 0 Å². The molecule has 18 heavy (non-hydrogen) atoms. The predicted molar refractivity (Wildman–Crippen MR) is 78.7 cm³/mol. The number of rotatable bonds is 6. The van der Waals surface area contributed by atoms with Gasteiger partial charge in [0.25, 0.3) is 0 Å². The first kappa shape index (κ1) is 13.6. The number of anilines is 2. The summed E-state index contributed by atoms with van der Waals surface area (Å²) in [7, 11) is 0. The van der Waals surface area contributed by atoms with Crippen molar-refractivity contribution >= 4 is 45.7 Å². The Bertz CT molecular complexity index is 487. The van der Waals surface area contributed by atoms with Crippen LogP contribution in [0.25, 0.3) is 0 Å². The Morgan fingerprint density at radius 3 is 2.72 bits per heavy atom. The molecule has 0 amide bonds. The van der Waals surface area contributed by atoms with Crippen LogP contribution in [0.1, 0.15) is 0 Å². The average Bonchev–Trinajstić information content (AvgIpc) is 2.80. The monoisotopic (exact) mass is 301 g/mol. The van der Waals surface area contributed by atoms with Gasteiger partial charge >= 0.3 is 0 Å². The zero-order chi connectivity index (χ0) is 12.8. The standard InChI is InChI=1S/C11H12FN3S3/c1-16-6-7-17-11-15-14-10(18-11)13-9-4-2-8(12)3-5-9/h2-5H,6-7H2,1H3,(H,13,14). The maximum absolute atomic E-state index is 12.7. The molecule has 96 valence electrons. The second-order valence-corrected chi connectivity index (χ2v) is 6.65. The predicted octanol–water partition coefficient (Wildman–Crippen LogP) is 3.88. The summed E-state index contributed by atoms with van der Waals surface area (Å²) < 4.78 is 13.7. The fraction of sp³-hybridized carbons (Fsp3) is 0.273. The highest BCUT2D eigenvalue weighted by Gasteiger charge is 2.04. The van der Waals surface area contributed by atoms with E-state index in [1.54, 1.807) is 23.9 Å². The number of halogens is 1. The molecule has 0 radical (unpaired) electrons. The number of thioether (sulfide) groups is 2. The molecule has 7 heteroatoms. The molecule has 3 nitrogen and oxygen atoms in total. The molecular formula is C11H12FN3S3. The van der Waals surface area contributed by atoms with E-state index in [2.05, 4.69) is 21.8 Å². The van der Waals surface area contributed by atoms with E-state index in [9.17, 15) is 4.39 Å². The third-order valence-corrected chi connectivity index (χ3v) is 4.86. The summed E-state index contributed by atoms with van der Waals surface area (Å²) in [5.41, 5.74) is 0.813. The summed E-state index contributed by atoms with van der Waals surface area (Å²) in [5.74, 6) is 1.89. The zero-order valence-electron chi connectivity index (χ0n) is 9.72. The molecule has 0 atom stereocenters. The fourth-order valence-corrected chi connectivity index (χ4v) is 3.68. The van der Waals surface area contributed by atoms with Crippen LogP contribution in [-0.4, -0.2) is 28.0 Å². The minimum absolute atomic E-state index is 0.244. The summed E-state index contributed by atoms with van der Waals surface area (Å²) in [6.07, 6.45) is 2.09. The molecular weight excluding hydrogens is 289 g/mol. The van der Waals surface area contributed by atoms with E-state index < -0.39 is 0 Å². The second kappa shape index (κ2) is 6.96. The highest BCUT2D eigenvalue weighted by Crippen LogP contribution is 2.27. The number of benzene rings is 1. The molecule has 0 aliphatic rings. The number of aromatic nitrogens is 2. The van der Waals surface area contributed by atoms with Gasteiger partial charge in [0.05, 0.1) is 0 Å². The van der Waals surface area contributed by atoms with Crippen LogP contribution in [0.2, 0.25) is 0 Å². The number of nitrogens with zero attached hydrogens (tertiary/aromatic N) is 2. The Labute approximate surface area is 118 Å². The minimum atomic E-state index is -0.244. The zero-order valence-corrected chi connectivity index (χ0v) is 12.2. The second-order valence-electron chi connectivity index (χ2n) is 3.35. The van der Waals surface area contributed by atoms with Gasteiger partial charge < -0.3 is 5.32 Å². The highest BCUT2D eigenvalue weighted by atomic mass is 32.2. The van der Waals surface area contributed by atoms with E-state index in [4.69, 9.17) is 0 Å². The molecule has 0 fully saturated rings. The molecule has 0 saturated heterocycles. The van der Waals surface area contributed by atoms with Gasteiger partial charge in [-0.1, -0.05) is 23.1 Å². The smallest absolute Gasteiger partial charge is 0.210 e. The van der Waals surface area contributed by atoms with Crippen molar-refractivity contribution in [2.45, 2.75) is 4.34 Å². The lowest BCUT2D eigenvalue weighted by Crippen LogP contribution is -1.89. The van der Waals surface area contributed by atoms with Gasteiger partial charge in [0.1, 0.15) is 5.82 Å². The van der Waals surface area contributed by atoms with Crippen molar-refractivity contribution in [2.24, 2.45) is 0 Å². The largest absolute Gasteiger partial charge is 0.330 e. The van der Waals surface area contributed by atoms with Gasteiger partial charge in [-0.15, -0.1) is 10.2 Å². The number of hydrogen-bond donors (Lipinski definition) is 1. The summed E-state index contributed by atoms with van der Waals surface area (Å²) in [6.45, 7) is 0. The first-order chi connectivity index (χ1) is 8.78. The Balaban J connectivity index is 1.91. The van der Waals surface area contributed by atoms with Gasteiger partial charge in [-0.05, 0) is 30.5 Å². The number of hydrogen-bond acceptors (Lipinski definition) is 6. The summed E-state index contributed by atoms with van der Waals surface area (Å²) in [4.78, 5) is 0. The van der Waals surface area contributed by atoms with Crippen molar-refractivity contribution in [3.05, 3.63) is 30.1 Å². The van der Waals surface area contributed by atoms with Crippen molar-refractivity contribution in [1.82, 2.24) is 10.2 Å². The van der Waals surface area contributed by atoms with Crippen molar-refractivity contribution < 1.29 is 4.39 Å². The van der Waals surface area contributed by atoms with E-state index in [1.165, 1.54) is 23.5 Å². The third kappa shape index (κ3) is 4.15. The lowest BCUT2D eigenvalue weighted by molar-refractivity contribution is 0.628. The van der Waals surface area contributed by atoms with Crippen LogP contribution in [-0.2, 0) is 0 Å². The first-order valence-corrected chi connectivity index (χ1v) is 8.45. The van der Waals surface area contributed by atoms with E-state index >= 15 is 0 Å². The van der Waals surface area contributed by atoms with Gasteiger partial charge in [0, 0.05) is 17.2 Å². The van der Waals surface area contributed by atoms with E-state index in [1.807, 2.05) is 11.8 Å². The molecule has 2 rings (SSSR count). The van der Waals surface area contributed by atoms with Crippen LogP contribution in [0.3, 0.4) is 0 Å². The maximum Gasteiger partial charge on any atom is 0.210 e. The summed E-state index contributed by atoms with van der Waals surface area (Å²) >= 11 is 5.03. The van der Waals surface area contributed by atoms with Crippen LogP contribution < -0.4 is 5.32 Å². The van der Waals surface area contributed by atoms with Gasteiger partial charge in [0.15, 0.2) is 4.34 Å². The molecule has 1 aromatic heterocycles. The first-order valence-electron chi connectivity index (χ1n) is 5.26. The van der Waals surface area contributed by atoms with E-state index in [0.717, 1.165) is 26.7 Å². The van der Waals surface area contributed by atoms with Gasteiger partial charge in [-0.25, -0.2) is 4.39 Å². The molecule has 1 N–H and O–H groups in total. The quantitative estimate of drug-likeness (QED) is 0.647.